The van der Waals surface area contributed by atoms with Crippen molar-refractivity contribution in [2.75, 3.05) is 0 Å². The molecule has 1 heterocycles. The Morgan fingerprint density at radius 1 is 1.42 bits per heavy atom. The van der Waals surface area contributed by atoms with Gasteiger partial charge in [0.2, 0.25) is 0 Å². The summed E-state index contributed by atoms with van der Waals surface area (Å²) < 4.78 is 1.20. The van der Waals surface area contributed by atoms with Crippen molar-refractivity contribution < 1.29 is 0 Å². The third kappa shape index (κ3) is 0.992. The Morgan fingerprint density at radius 3 is 3.00 bits per heavy atom. The van der Waals surface area contributed by atoms with E-state index in [0.717, 1.165) is 16.5 Å². The minimum absolute atomic E-state index is 0.784. The molecule has 0 fully saturated rings. The Balaban J connectivity index is 2.91. The van der Waals surface area contributed by atoms with Crippen LogP contribution in [0.2, 0.25) is 0 Å². The first-order chi connectivity index (χ1) is 5.81. The second-order valence-electron chi connectivity index (χ2n) is 2.76. The predicted molar refractivity (Wildman–Crippen MR) is 51.3 cm³/mol. The lowest BCUT2D eigenvalue weighted by Gasteiger charge is -1.95. The summed E-state index contributed by atoms with van der Waals surface area (Å²) in [5.41, 5.74) is 1.94. The first kappa shape index (κ1) is 7.33. The molecule has 0 amide bonds. The van der Waals surface area contributed by atoms with Crippen LogP contribution in [0.15, 0.2) is 23.6 Å². The molecule has 0 bridgehead atoms. The molecule has 0 saturated heterocycles. The number of hydrogen-bond donors (Lipinski definition) is 0. The maximum atomic E-state index is 8.83. The van der Waals surface area contributed by atoms with Crippen molar-refractivity contribution >= 4 is 21.4 Å². The Labute approximate surface area is 74.9 Å². The molecule has 0 saturated carbocycles. The van der Waals surface area contributed by atoms with Crippen molar-refractivity contribution in [1.82, 2.24) is 0 Å². The van der Waals surface area contributed by atoms with Gasteiger partial charge < -0.3 is 0 Å². The maximum absolute atomic E-state index is 8.83. The van der Waals surface area contributed by atoms with E-state index in [1.165, 1.54) is 4.70 Å². The lowest BCUT2D eigenvalue weighted by molar-refractivity contribution is 1.46. The average molecular weight is 173 g/mol. The maximum Gasteiger partial charge on any atom is 0.0998 e. The number of hydrogen-bond acceptors (Lipinski definition) is 2. The fraction of sp³-hybridized carbons (Fsp3) is 0.100. The van der Waals surface area contributed by atoms with Gasteiger partial charge in [0, 0.05) is 10.1 Å². The molecule has 2 rings (SSSR count). The van der Waals surface area contributed by atoms with Crippen molar-refractivity contribution in [3.63, 3.8) is 0 Å². The molecule has 1 aromatic carbocycles. The molecule has 0 aliphatic rings. The summed E-state index contributed by atoms with van der Waals surface area (Å²) in [5.74, 6) is 0. The summed E-state index contributed by atoms with van der Waals surface area (Å²) in [7, 11) is 0. The van der Waals surface area contributed by atoms with E-state index in [4.69, 9.17) is 5.26 Å². The molecule has 0 unspecified atom stereocenters. The highest BCUT2D eigenvalue weighted by molar-refractivity contribution is 7.17. The third-order valence-corrected chi connectivity index (χ3v) is 2.70. The molecular weight excluding hydrogens is 166 g/mol. The van der Waals surface area contributed by atoms with E-state index >= 15 is 0 Å². The number of nitrogens with zero attached hydrogens (tertiary/aromatic N) is 1. The van der Waals surface area contributed by atoms with E-state index in [0.29, 0.717) is 0 Å². The van der Waals surface area contributed by atoms with Gasteiger partial charge in [0.15, 0.2) is 0 Å². The lowest BCUT2D eigenvalue weighted by atomic mass is 10.1. The van der Waals surface area contributed by atoms with Crippen molar-refractivity contribution in [2.45, 2.75) is 6.92 Å². The first-order valence-electron chi connectivity index (χ1n) is 3.69. The zero-order chi connectivity index (χ0) is 8.55. The van der Waals surface area contributed by atoms with Gasteiger partial charge in [-0.15, -0.1) is 11.3 Å². The molecule has 0 radical (unpaired) electrons. The summed E-state index contributed by atoms with van der Waals surface area (Å²) in [6.07, 6.45) is 0. The van der Waals surface area contributed by atoms with Crippen molar-refractivity contribution in [3.05, 3.63) is 34.7 Å². The van der Waals surface area contributed by atoms with Crippen molar-refractivity contribution in [3.8, 4) is 6.07 Å². The number of aryl methyl sites for hydroxylation is 1. The Bertz CT molecular complexity index is 462. The molecule has 1 nitrogen and oxygen atoms in total. The molecule has 0 aliphatic carbocycles. The van der Waals surface area contributed by atoms with Gasteiger partial charge >= 0.3 is 0 Å². The van der Waals surface area contributed by atoms with Crippen LogP contribution in [0.4, 0.5) is 0 Å². The molecule has 1 aromatic heterocycles. The second-order valence-corrected chi connectivity index (χ2v) is 3.70. The zero-order valence-corrected chi connectivity index (χ0v) is 7.48. The molecule has 2 aromatic rings. The van der Waals surface area contributed by atoms with Gasteiger partial charge in [0.25, 0.3) is 0 Å². The fourth-order valence-electron chi connectivity index (χ4n) is 1.30. The van der Waals surface area contributed by atoms with E-state index in [1.54, 1.807) is 11.3 Å². The topological polar surface area (TPSA) is 23.8 Å². The van der Waals surface area contributed by atoms with Crippen molar-refractivity contribution in [2.24, 2.45) is 0 Å². The highest BCUT2D eigenvalue weighted by Gasteiger charge is 2.01. The van der Waals surface area contributed by atoms with Crippen LogP contribution >= 0.6 is 11.3 Å². The van der Waals surface area contributed by atoms with Gasteiger partial charge in [-0.3, -0.25) is 0 Å². The van der Waals surface area contributed by atoms with Crippen LogP contribution in [-0.2, 0) is 0 Å². The Morgan fingerprint density at radius 2 is 2.25 bits per heavy atom. The summed E-state index contributed by atoms with van der Waals surface area (Å²) in [5, 5.41) is 11.9. The minimum Gasteiger partial charge on any atom is -0.192 e. The van der Waals surface area contributed by atoms with Gasteiger partial charge in [-0.2, -0.15) is 5.26 Å². The molecule has 12 heavy (non-hydrogen) atoms. The van der Waals surface area contributed by atoms with Gasteiger partial charge in [0.05, 0.1) is 11.6 Å². The monoisotopic (exact) mass is 173 g/mol. The van der Waals surface area contributed by atoms with E-state index in [2.05, 4.69) is 12.1 Å². The van der Waals surface area contributed by atoms with Gasteiger partial charge in [0.1, 0.15) is 0 Å². The summed E-state index contributed by atoms with van der Waals surface area (Å²) in [6, 6.07) is 8.24. The largest absolute Gasteiger partial charge is 0.192 e. The summed E-state index contributed by atoms with van der Waals surface area (Å²) in [4.78, 5) is 0. The van der Waals surface area contributed by atoms with Crippen molar-refractivity contribution in [1.29, 1.82) is 5.26 Å². The quantitative estimate of drug-likeness (QED) is 0.600. The Kier molecular flexibility index (Phi) is 1.60. The van der Waals surface area contributed by atoms with E-state index in [-0.39, 0.29) is 0 Å². The van der Waals surface area contributed by atoms with Gasteiger partial charge in [-0.05, 0) is 36.1 Å². The van der Waals surface area contributed by atoms with E-state index in [1.807, 2.05) is 24.4 Å². The number of thiophene rings is 1. The number of rotatable bonds is 0. The highest BCUT2D eigenvalue weighted by Crippen LogP contribution is 2.25. The molecule has 0 N–H and O–H groups in total. The van der Waals surface area contributed by atoms with Crippen LogP contribution in [0, 0.1) is 18.3 Å². The van der Waals surface area contributed by atoms with Gasteiger partial charge in [-0.25, -0.2) is 0 Å². The highest BCUT2D eigenvalue weighted by atomic mass is 32.1. The van der Waals surface area contributed by atoms with Gasteiger partial charge in [-0.1, -0.05) is 0 Å². The normalized spacial score (nSPS) is 10.0. The van der Waals surface area contributed by atoms with E-state index in [9.17, 15) is 0 Å². The Hall–Kier alpha value is -1.33. The lowest BCUT2D eigenvalue weighted by Crippen LogP contribution is -1.77. The van der Waals surface area contributed by atoms with Crippen LogP contribution in [0.3, 0.4) is 0 Å². The van der Waals surface area contributed by atoms with Crippen LogP contribution < -0.4 is 0 Å². The SMILES string of the molecule is Cc1cc(C#N)c2ccsc2c1. The smallest absolute Gasteiger partial charge is 0.0998 e. The molecule has 0 aliphatic heterocycles. The molecule has 2 heteroatoms. The predicted octanol–water partition coefficient (Wildman–Crippen LogP) is 3.08. The minimum atomic E-state index is 0.784. The van der Waals surface area contributed by atoms with Crippen LogP contribution in [0.5, 0.6) is 0 Å². The number of nitriles is 1. The standard InChI is InChI=1S/C10H7NS/c1-7-4-8(6-11)9-2-3-12-10(9)5-7/h2-5H,1H3. The zero-order valence-electron chi connectivity index (χ0n) is 6.66. The fourth-order valence-corrected chi connectivity index (χ4v) is 2.21. The van der Waals surface area contributed by atoms with Crippen LogP contribution in [0.1, 0.15) is 11.1 Å². The summed E-state index contributed by atoms with van der Waals surface area (Å²) >= 11 is 1.68. The average Bonchev–Trinajstić information content (AvgIpc) is 2.50. The van der Waals surface area contributed by atoms with Crippen LogP contribution in [-0.4, -0.2) is 0 Å². The van der Waals surface area contributed by atoms with E-state index < -0.39 is 0 Å². The molecule has 58 valence electrons. The molecular formula is C10H7NS. The first-order valence-corrected chi connectivity index (χ1v) is 4.57. The van der Waals surface area contributed by atoms with Crippen LogP contribution in [0.25, 0.3) is 10.1 Å². The molecule has 0 spiro atoms. The summed E-state index contributed by atoms with van der Waals surface area (Å²) in [6.45, 7) is 2.01. The molecule has 0 atom stereocenters. The third-order valence-electron chi connectivity index (χ3n) is 1.84. The number of fused-ring (bicyclic) bond motifs is 1. The second kappa shape index (κ2) is 2.62. The number of benzene rings is 1.